The summed E-state index contributed by atoms with van der Waals surface area (Å²) in [4.78, 5) is 4.24. The molecule has 0 fully saturated rings. The van der Waals surface area contributed by atoms with E-state index in [1.165, 1.54) is 6.07 Å². The van der Waals surface area contributed by atoms with Crippen molar-refractivity contribution in [2.45, 2.75) is 26.1 Å². The van der Waals surface area contributed by atoms with Crippen molar-refractivity contribution in [2.75, 3.05) is 6.54 Å². The van der Waals surface area contributed by atoms with Crippen LogP contribution in [0.1, 0.15) is 12.5 Å². The number of nitrogens with one attached hydrogen (secondary N) is 2. The van der Waals surface area contributed by atoms with E-state index in [2.05, 4.69) is 36.3 Å². The Kier molecular flexibility index (Phi) is 4.57. The van der Waals surface area contributed by atoms with E-state index in [0.29, 0.717) is 30.7 Å². The number of nitrogens with zero attached hydrogens (tertiary/aromatic N) is 1. The first-order valence-corrected chi connectivity index (χ1v) is 6.62. The molecule has 1 aliphatic heterocycles. The van der Waals surface area contributed by atoms with Gasteiger partial charge in [-0.3, -0.25) is 4.99 Å². The van der Waals surface area contributed by atoms with Crippen molar-refractivity contribution in [2.24, 2.45) is 4.99 Å². The van der Waals surface area contributed by atoms with Gasteiger partial charge in [0.05, 0.1) is 6.54 Å². The number of hydrogen-bond donors (Lipinski definition) is 2. The first-order chi connectivity index (χ1) is 9.04. The van der Waals surface area contributed by atoms with Gasteiger partial charge in [-0.15, -0.1) is 0 Å². The smallest absolute Gasteiger partial charge is 0.387 e. The predicted octanol–water partition coefficient (Wildman–Crippen LogP) is 2.49. The van der Waals surface area contributed by atoms with Crippen molar-refractivity contribution < 1.29 is 13.5 Å². The van der Waals surface area contributed by atoms with Gasteiger partial charge in [0.1, 0.15) is 5.75 Å². The molecule has 0 aromatic heterocycles. The SMILES string of the molecule is CC1CN=C(NCc2cc(Br)ccc2OC(F)F)N1. The Morgan fingerprint density at radius 2 is 2.37 bits per heavy atom. The topological polar surface area (TPSA) is 45.7 Å². The molecule has 1 aromatic carbocycles. The van der Waals surface area contributed by atoms with Crippen molar-refractivity contribution in [3.63, 3.8) is 0 Å². The van der Waals surface area contributed by atoms with Crippen LogP contribution >= 0.6 is 15.9 Å². The summed E-state index contributed by atoms with van der Waals surface area (Å²) in [6.07, 6.45) is 0. The van der Waals surface area contributed by atoms with E-state index in [4.69, 9.17) is 0 Å². The predicted molar refractivity (Wildman–Crippen MR) is 72.5 cm³/mol. The van der Waals surface area contributed by atoms with Gasteiger partial charge in [0.25, 0.3) is 0 Å². The van der Waals surface area contributed by atoms with Gasteiger partial charge in [-0.25, -0.2) is 0 Å². The number of alkyl halides is 2. The molecule has 1 aliphatic rings. The van der Waals surface area contributed by atoms with Crippen LogP contribution in [-0.4, -0.2) is 25.2 Å². The van der Waals surface area contributed by atoms with Crippen molar-refractivity contribution >= 4 is 21.9 Å². The lowest BCUT2D eigenvalue weighted by molar-refractivity contribution is -0.0504. The maximum atomic E-state index is 12.3. The molecule has 0 spiro atoms. The Bertz CT molecular complexity index is 482. The molecule has 1 atom stereocenters. The molecular weight excluding hydrogens is 320 g/mol. The van der Waals surface area contributed by atoms with Crippen molar-refractivity contribution in [1.82, 2.24) is 10.6 Å². The molecule has 0 bridgehead atoms. The van der Waals surface area contributed by atoms with Gasteiger partial charge < -0.3 is 15.4 Å². The number of hydrogen-bond acceptors (Lipinski definition) is 4. The largest absolute Gasteiger partial charge is 0.434 e. The standard InChI is InChI=1S/C12H14BrF2N3O/c1-7-5-16-12(18-7)17-6-8-4-9(13)2-3-10(8)19-11(14)15/h2-4,7,11H,5-6H2,1H3,(H2,16,17,18). The minimum absolute atomic E-state index is 0.164. The summed E-state index contributed by atoms with van der Waals surface area (Å²) in [6, 6.07) is 5.21. The zero-order valence-electron chi connectivity index (χ0n) is 10.3. The van der Waals surface area contributed by atoms with E-state index in [-0.39, 0.29) is 5.75 Å². The van der Waals surface area contributed by atoms with E-state index in [9.17, 15) is 8.78 Å². The monoisotopic (exact) mass is 333 g/mol. The molecule has 2 rings (SSSR count). The molecule has 4 nitrogen and oxygen atoms in total. The third kappa shape index (κ3) is 4.05. The van der Waals surface area contributed by atoms with Crippen LogP contribution in [0.4, 0.5) is 8.78 Å². The zero-order chi connectivity index (χ0) is 13.8. The minimum atomic E-state index is -2.83. The van der Waals surface area contributed by atoms with Crippen LogP contribution < -0.4 is 15.4 Å². The van der Waals surface area contributed by atoms with E-state index in [1.807, 2.05) is 6.92 Å². The average Bonchev–Trinajstić information content (AvgIpc) is 2.75. The van der Waals surface area contributed by atoms with Crippen LogP contribution in [0.25, 0.3) is 0 Å². The molecular formula is C12H14BrF2N3O. The number of halogens is 3. The second kappa shape index (κ2) is 6.18. The Morgan fingerprint density at radius 1 is 1.58 bits per heavy atom. The molecule has 19 heavy (non-hydrogen) atoms. The molecule has 0 radical (unpaired) electrons. The molecule has 0 saturated heterocycles. The van der Waals surface area contributed by atoms with Crippen LogP contribution in [0, 0.1) is 0 Å². The highest BCUT2D eigenvalue weighted by Crippen LogP contribution is 2.24. The molecule has 0 saturated carbocycles. The van der Waals surface area contributed by atoms with Crippen molar-refractivity contribution in [3.05, 3.63) is 28.2 Å². The number of aliphatic imine (C=N–C) groups is 1. The van der Waals surface area contributed by atoms with Crippen LogP contribution in [0.2, 0.25) is 0 Å². The lowest BCUT2D eigenvalue weighted by atomic mass is 10.2. The fourth-order valence-electron chi connectivity index (χ4n) is 1.74. The summed E-state index contributed by atoms with van der Waals surface area (Å²) in [6.45, 7) is 0.256. The summed E-state index contributed by atoms with van der Waals surface area (Å²) < 4.78 is 29.9. The van der Waals surface area contributed by atoms with Gasteiger partial charge in [-0.2, -0.15) is 8.78 Å². The highest BCUT2D eigenvalue weighted by atomic mass is 79.9. The van der Waals surface area contributed by atoms with E-state index < -0.39 is 6.61 Å². The second-order valence-electron chi connectivity index (χ2n) is 4.22. The Labute approximate surface area is 118 Å². The molecule has 1 aromatic rings. The van der Waals surface area contributed by atoms with Gasteiger partial charge in [-0.05, 0) is 25.1 Å². The highest BCUT2D eigenvalue weighted by Gasteiger charge is 2.14. The second-order valence-corrected chi connectivity index (χ2v) is 5.13. The van der Waals surface area contributed by atoms with E-state index >= 15 is 0 Å². The highest BCUT2D eigenvalue weighted by molar-refractivity contribution is 9.10. The Balaban J connectivity index is 2.03. The lowest BCUT2D eigenvalue weighted by Gasteiger charge is -2.13. The summed E-state index contributed by atoms with van der Waals surface area (Å²) in [5.74, 6) is 0.841. The zero-order valence-corrected chi connectivity index (χ0v) is 11.9. The summed E-state index contributed by atoms with van der Waals surface area (Å²) in [7, 11) is 0. The van der Waals surface area contributed by atoms with Crippen LogP contribution in [0.15, 0.2) is 27.7 Å². The summed E-state index contributed by atoms with van der Waals surface area (Å²) >= 11 is 3.31. The maximum Gasteiger partial charge on any atom is 0.387 e. The summed E-state index contributed by atoms with van der Waals surface area (Å²) in [5, 5.41) is 6.20. The van der Waals surface area contributed by atoms with Gasteiger partial charge in [0.15, 0.2) is 5.96 Å². The fourth-order valence-corrected chi connectivity index (χ4v) is 2.14. The van der Waals surface area contributed by atoms with Crippen LogP contribution in [0.5, 0.6) is 5.75 Å². The third-order valence-corrected chi connectivity index (χ3v) is 3.08. The lowest BCUT2D eigenvalue weighted by Crippen LogP contribution is -2.37. The van der Waals surface area contributed by atoms with Gasteiger partial charge in [-0.1, -0.05) is 15.9 Å². The fraction of sp³-hybridized carbons (Fsp3) is 0.417. The Morgan fingerprint density at radius 3 is 3.00 bits per heavy atom. The van der Waals surface area contributed by atoms with Gasteiger partial charge >= 0.3 is 6.61 Å². The molecule has 104 valence electrons. The van der Waals surface area contributed by atoms with E-state index in [0.717, 1.165) is 4.47 Å². The quantitative estimate of drug-likeness (QED) is 0.889. The maximum absolute atomic E-state index is 12.3. The normalized spacial score (nSPS) is 18.2. The number of benzene rings is 1. The molecule has 1 unspecified atom stereocenters. The molecule has 7 heteroatoms. The van der Waals surface area contributed by atoms with Crippen molar-refractivity contribution in [3.8, 4) is 5.75 Å². The van der Waals surface area contributed by atoms with Crippen LogP contribution in [-0.2, 0) is 6.54 Å². The molecule has 1 heterocycles. The number of ether oxygens (including phenoxy) is 1. The first kappa shape index (κ1) is 14.0. The molecule has 2 N–H and O–H groups in total. The van der Waals surface area contributed by atoms with Crippen molar-refractivity contribution in [1.29, 1.82) is 0 Å². The Hall–Kier alpha value is -1.37. The third-order valence-electron chi connectivity index (χ3n) is 2.59. The van der Waals surface area contributed by atoms with E-state index in [1.54, 1.807) is 12.1 Å². The number of rotatable bonds is 4. The summed E-state index contributed by atoms with van der Waals surface area (Å²) in [5.41, 5.74) is 0.638. The first-order valence-electron chi connectivity index (χ1n) is 5.82. The average molecular weight is 334 g/mol. The molecule has 0 aliphatic carbocycles. The van der Waals surface area contributed by atoms with Gasteiger partial charge in [0, 0.05) is 22.6 Å². The van der Waals surface area contributed by atoms with Crippen LogP contribution in [0.3, 0.4) is 0 Å². The van der Waals surface area contributed by atoms with Gasteiger partial charge in [0.2, 0.25) is 0 Å². The molecule has 0 amide bonds. The number of guanidine groups is 1. The minimum Gasteiger partial charge on any atom is -0.434 e.